The summed E-state index contributed by atoms with van der Waals surface area (Å²) in [6, 6.07) is 3.64. The highest BCUT2D eigenvalue weighted by molar-refractivity contribution is 7.92. The number of hydrogen-bond donors (Lipinski definition) is 2. The zero-order valence-corrected chi connectivity index (χ0v) is 18.0. The molecule has 0 aliphatic heterocycles. The first kappa shape index (κ1) is 22.9. The molecule has 1 aromatic heterocycles. The minimum atomic E-state index is -4.03. The van der Waals surface area contributed by atoms with Gasteiger partial charge in [-0.05, 0) is 31.0 Å². The lowest BCUT2D eigenvalue weighted by atomic mass is 10.1. The Kier molecular flexibility index (Phi) is 6.46. The summed E-state index contributed by atoms with van der Waals surface area (Å²) in [6.07, 6.45) is 1.10. The standard InChI is InChI=1S/C19H18ClF3N4O3S/c1-10-12(4-5-13-15(10)19(28)27(2)9-24-13)25-18-16(20)14(8-11(22)17(18)23)26-31(29,30)7-3-6-21/h4-5,8-9,25-26H,3,6-7H2,1-2H3. The average molecular weight is 475 g/mol. The Bertz CT molecular complexity index is 1330. The second-order valence-electron chi connectivity index (χ2n) is 6.79. The third kappa shape index (κ3) is 4.62. The number of aromatic nitrogens is 2. The second kappa shape index (κ2) is 8.75. The molecule has 166 valence electrons. The van der Waals surface area contributed by atoms with Crippen molar-refractivity contribution in [3.8, 4) is 0 Å². The van der Waals surface area contributed by atoms with Crippen molar-refractivity contribution in [1.29, 1.82) is 0 Å². The molecule has 0 aliphatic rings. The molecule has 2 N–H and O–H groups in total. The summed E-state index contributed by atoms with van der Waals surface area (Å²) >= 11 is 6.15. The van der Waals surface area contributed by atoms with Gasteiger partial charge in [-0.3, -0.25) is 13.9 Å². The number of benzene rings is 2. The van der Waals surface area contributed by atoms with E-state index in [4.69, 9.17) is 11.6 Å². The van der Waals surface area contributed by atoms with Crippen molar-refractivity contribution in [2.24, 2.45) is 7.05 Å². The highest BCUT2D eigenvalue weighted by Gasteiger charge is 2.22. The van der Waals surface area contributed by atoms with Crippen LogP contribution in [0.2, 0.25) is 5.02 Å². The van der Waals surface area contributed by atoms with Crippen LogP contribution >= 0.6 is 11.6 Å². The molecule has 0 radical (unpaired) electrons. The smallest absolute Gasteiger partial charge is 0.261 e. The number of nitrogens with one attached hydrogen (secondary N) is 2. The number of anilines is 3. The number of nitrogens with zero attached hydrogens (tertiary/aromatic N) is 2. The number of sulfonamides is 1. The van der Waals surface area contributed by atoms with Crippen LogP contribution in [0.1, 0.15) is 12.0 Å². The van der Waals surface area contributed by atoms with Gasteiger partial charge in [0, 0.05) is 18.8 Å². The summed E-state index contributed by atoms with van der Waals surface area (Å²) in [4.78, 5) is 16.6. The predicted molar refractivity (Wildman–Crippen MR) is 114 cm³/mol. The van der Waals surface area contributed by atoms with Crippen molar-refractivity contribution in [3.63, 3.8) is 0 Å². The maximum atomic E-state index is 14.5. The van der Waals surface area contributed by atoms with E-state index in [1.54, 1.807) is 6.92 Å². The number of aryl methyl sites for hydroxylation is 2. The molecule has 3 aromatic rings. The molecule has 0 saturated carbocycles. The lowest BCUT2D eigenvalue weighted by molar-refractivity contribution is 0.484. The summed E-state index contributed by atoms with van der Waals surface area (Å²) in [7, 11) is -2.50. The molecule has 3 rings (SSSR count). The van der Waals surface area contributed by atoms with Crippen molar-refractivity contribution in [2.45, 2.75) is 13.3 Å². The summed E-state index contributed by atoms with van der Waals surface area (Å²) < 4.78 is 68.4. The normalized spacial score (nSPS) is 11.7. The maximum absolute atomic E-state index is 14.5. The molecule has 12 heteroatoms. The first-order valence-electron chi connectivity index (χ1n) is 9.01. The highest BCUT2D eigenvalue weighted by Crippen LogP contribution is 2.38. The van der Waals surface area contributed by atoms with Crippen molar-refractivity contribution in [2.75, 3.05) is 22.5 Å². The van der Waals surface area contributed by atoms with Gasteiger partial charge in [0.05, 0.1) is 46.1 Å². The molecule has 7 nitrogen and oxygen atoms in total. The van der Waals surface area contributed by atoms with Crippen LogP contribution in [-0.4, -0.2) is 30.4 Å². The molecule has 0 atom stereocenters. The zero-order valence-electron chi connectivity index (χ0n) is 16.5. The van der Waals surface area contributed by atoms with Crippen LogP contribution in [0.3, 0.4) is 0 Å². The van der Waals surface area contributed by atoms with E-state index >= 15 is 0 Å². The van der Waals surface area contributed by atoms with Crippen molar-refractivity contribution in [1.82, 2.24) is 9.55 Å². The van der Waals surface area contributed by atoms with Gasteiger partial charge >= 0.3 is 0 Å². The summed E-state index contributed by atoms with van der Waals surface area (Å²) in [5.74, 6) is -3.25. The minimum Gasteiger partial charge on any atom is -0.352 e. The van der Waals surface area contributed by atoms with E-state index in [0.29, 0.717) is 17.1 Å². The van der Waals surface area contributed by atoms with Crippen LogP contribution in [0.15, 0.2) is 29.3 Å². The van der Waals surface area contributed by atoms with Gasteiger partial charge in [0.25, 0.3) is 5.56 Å². The molecule has 0 bridgehead atoms. The second-order valence-corrected chi connectivity index (χ2v) is 9.01. The lowest BCUT2D eigenvalue weighted by Gasteiger charge is -2.17. The Balaban J connectivity index is 2.08. The van der Waals surface area contributed by atoms with Gasteiger partial charge in [-0.15, -0.1) is 0 Å². The molecule has 0 spiro atoms. The molecule has 0 saturated heterocycles. The fourth-order valence-electron chi connectivity index (χ4n) is 2.97. The first-order chi connectivity index (χ1) is 14.6. The molecule has 0 aliphatic carbocycles. The maximum Gasteiger partial charge on any atom is 0.261 e. The predicted octanol–water partition coefficient (Wildman–Crippen LogP) is 4.02. The molecular weight excluding hydrogens is 457 g/mol. The summed E-state index contributed by atoms with van der Waals surface area (Å²) in [5.41, 5.74) is -0.186. The van der Waals surface area contributed by atoms with E-state index in [0.717, 1.165) is 0 Å². The Morgan fingerprint density at radius 1 is 1.23 bits per heavy atom. The average Bonchev–Trinajstić information content (AvgIpc) is 2.71. The van der Waals surface area contributed by atoms with E-state index in [1.165, 1.54) is 30.1 Å². The lowest BCUT2D eigenvalue weighted by Crippen LogP contribution is -2.18. The van der Waals surface area contributed by atoms with Gasteiger partial charge in [-0.2, -0.15) is 0 Å². The number of fused-ring (bicyclic) bond motifs is 1. The van der Waals surface area contributed by atoms with E-state index in [1.807, 2.05) is 4.72 Å². The molecule has 0 fully saturated rings. The van der Waals surface area contributed by atoms with Crippen LogP contribution in [0, 0.1) is 18.6 Å². The van der Waals surface area contributed by atoms with Crippen LogP contribution in [0.25, 0.3) is 10.9 Å². The number of alkyl halides is 1. The van der Waals surface area contributed by atoms with E-state index < -0.39 is 50.5 Å². The van der Waals surface area contributed by atoms with Gasteiger partial charge in [-0.25, -0.2) is 22.2 Å². The SMILES string of the molecule is Cc1c(Nc2c(F)c(F)cc(NS(=O)(=O)CCCF)c2Cl)ccc2ncn(C)c(=O)c12. The monoisotopic (exact) mass is 474 g/mol. The van der Waals surface area contributed by atoms with Gasteiger partial charge in [-0.1, -0.05) is 11.6 Å². The van der Waals surface area contributed by atoms with Crippen molar-refractivity contribution in [3.05, 3.63) is 57.1 Å². The van der Waals surface area contributed by atoms with Crippen molar-refractivity contribution >= 4 is 49.6 Å². The van der Waals surface area contributed by atoms with Crippen LogP contribution in [0.4, 0.5) is 30.2 Å². The minimum absolute atomic E-state index is 0.246. The van der Waals surface area contributed by atoms with E-state index in [-0.39, 0.29) is 23.1 Å². The molecule has 1 heterocycles. The Hall–Kier alpha value is -2.79. The first-order valence-corrected chi connectivity index (χ1v) is 11.0. The van der Waals surface area contributed by atoms with Gasteiger partial charge in [0.15, 0.2) is 11.6 Å². The van der Waals surface area contributed by atoms with E-state index in [2.05, 4.69) is 10.3 Å². The number of rotatable bonds is 7. The third-order valence-corrected chi connectivity index (χ3v) is 6.32. The molecular formula is C19H18ClF3N4O3S. The molecule has 2 aromatic carbocycles. The van der Waals surface area contributed by atoms with Gasteiger partial charge < -0.3 is 9.88 Å². The molecule has 31 heavy (non-hydrogen) atoms. The quantitative estimate of drug-likeness (QED) is 0.504. The molecule has 0 unspecified atom stereocenters. The molecule has 0 amide bonds. The van der Waals surface area contributed by atoms with Crippen molar-refractivity contribution < 1.29 is 21.6 Å². The van der Waals surface area contributed by atoms with E-state index in [9.17, 15) is 26.4 Å². The third-order valence-electron chi connectivity index (χ3n) is 4.58. The topological polar surface area (TPSA) is 93.1 Å². The summed E-state index contributed by atoms with van der Waals surface area (Å²) in [6.45, 7) is 0.744. The largest absolute Gasteiger partial charge is 0.352 e. The Morgan fingerprint density at radius 3 is 2.61 bits per heavy atom. The Labute approximate surface area is 180 Å². The van der Waals surface area contributed by atoms with Crippen LogP contribution in [0.5, 0.6) is 0 Å². The fourth-order valence-corrected chi connectivity index (χ4v) is 4.35. The summed E-state index contributed by atoms with van der Waals surface area (Å²) in [5, 5.41) is 2.48. The zero-order chi connectivity index (χ0) is 22.9. The number of halogens is 4. The van der Waals surface area contributed by atoms with Gasteiger partial charge in [0.2, 0.25) is 10.0 Å². The van der Waals surface area contributed by atoms with Crippen LogP contribution in [-0.2, 0) is 17.1 Å². The highest BCUT2D eigenvalue weighted by atomic mass is 35.5. The van der Waals surface area contributed by atoms with Crippen LogP contribution < -0.4 is 15.6 Å². The Morgan fingerprint density at radius 2 is 1.94 bits per heavy atom. The van der Waals surface area contributed by atoms with Gasteiger partial charge in [0.1, 0.15) is 0 Å². The fraction of sp³-hybridized carbons (Fsp3) is 0.263. The number of hydrogen-bond acceptors (Lipinski definition) is 5.